The first kappa shape index (κ1) is 12.2. The minimum absolute atomic E-state index is 0.0261. The standard InChI is InChI=1S/C11H20N2O2/c1-2-7-12-8-11(15)13-9-3-5-10(14)6-4-9/h2,9-10,12,14H,1,3-8H2,(H,13,15). The summed E-state index contributed by atoms with van der Waals surface area (Å²) in [6.45, 7) is 4.55. The Morgan fingerprint density at radius 3 is 2.67 bits per heavy atom. The SMILES string of the molecule is C=CCNCC(=O)NC1CCC(O)CC1. The third-order valence-corrected chi connectivity index (χ3v) is 2.64. The number of amides is 1. The van der Waals surface area contributed by atoms with Crippen molar-refractivity contribution in [1.29, 1.82) is 0 Å². The molecular formula is C11H20N2O2. The molecule has 3 N–H and O–H groups in total. The van der Waals surface area contributed by atoms with E-state index in [0.29, 0.717) is 13.1 Å². The second-order valence-electron chi connectivity index (χ2n) is 3.99. The van der Waals surface area contributed by atoms with Gasteiger partial charge in [0.15, 0.2) is 0 Å². The van der Waals surface area contributed by atoms with Crippen molar-refractivity contribution < 1.29 is 9.90 Å². The van der Waals surface area contributed by atoms with Crippen molar-refractivity contribution in [3.63, 3.8) is 0 Å². The number of rotatable bonds is 5. The number of nitrogens with one attached hydrogen (secondary N) is 2. The van der Waals surface area contributed by atoms with Gasteiger partial charge in [-0.3, -0.25) is 4.79 Å². The molecular weight excluding hydrogens is 192 g/mol. The van der Waals surface area contributed by atoms with E-state index in [2.05, 4.69) is 17.2 Å². The van der Waals surface area contributed by atoms with Gasteiger partial charge in [-0.1, -0.05) is 6.08 Å². The average Bonchev–Trinajstić information content (AvgIpc) is 2.22. The first-order valence-corrected chi connectivity index (χ1v) is 5.51. The Labute approximate surface area is 90.7 Å². The summed E-state index contributed by atoms with van der Waals surface area (Å²) in [7, 11) is 0. The lowest BCUT2D eigenvalue weighted by atomic mass is 9.93. The van der Waals surface area contributed by atoms with Crippen LogP contribution in [-0.2, 0) is 4.79 Å². The largest absolute Gasteiger partial charge is 0.393 e. The third kappa shape index (κ3) is 4.95. The lowest BCUT2D eigenvalue weighted by molar-refractivity contribution is -0.121. The molecule has 0 unspecified atom stereocenters. The van der Waals surface area contributed by atoms with E-state index in [1.807, 2.05) is 0 Å². The first-order valence-electron chi connectivity index (χ1n) is 5.51. The van der Waals surface area contributed by atoms with Crippen LogP contribution in [0.25, 0.3) is 0 Å². The van der Waals surface area contributed by atoms with Crippen LogP contribution >= 0.6 is 0 Å². The smallest absolute Gasteiger partial charge is 0.234 e. The Kier molecular flexibility index (Phi) is 5.36. The maximum absolute atomic E-state index is 11.4. The highest BCUT2D eigenvalue weighted by Crippen LogP contribution is 2.17. The molecule has 1 rings (SSSR count). The second-order valence-corrected chi connectivity index (χ2v) is 3.99. The van der Waals surface area contributed by atoms with Gasteiger partial charge in [0.2, 0.25) is 5.91 Å². The zero-order valence-corrected chi connectivity index (χ0v) is 9.04. The number of aliphatic hydroxyl groups excluding tert-OH is 1. The van der Waals surface area contributed by atoms with Gasteiger partial charge in [-0.25, -0.2) is 0 Å². The summed E-state index contributed by atoms with van der Waals surface area (Å²) in [6.07, 6.45) is 4.92. The minimum Gasteiger partial charge on any atom is -0.393 e. The van der Waals surface area contributed by atoms with Crippen LogP contribution in [0.15, 0.2) is 12.7 Å². The molecule has 15 heavy (non-hydrogen) atoms. The summed E-state index contributed by atoms with van der Waals surface area (Å²) in [4.78, 5) is 11.4. The Bertz CT molecular complexity index is 211. The molecule has 0 bridgehead atoms. The summed E-state index contributed by atoms with van der Waals surface area (Å²) in [6, 6.07) is 0.242. The van der Waals surface area contributed by atoms with Crippen LogP contribution in [0.4, 0.5) is 0 Å². The summed E-state index contributed by atoms with van der Waals surface area (Å²) < 4.78 is 0. The number of hydrogen-bond donors (Lipinski definition) is 3. The molecule has 0 aromatic rings. The number of aliphatic hydroxyl groups is 1. The molecule has 4 heteroatoms. The van der Waals surface area contributed by atoms with E-state index in [0.717, 1.165) is 25.7 Å². The van der Waals surface area contributed by atoms with E-state index >= 15 is 0 Å². The summed E-state index contributed by atoms with van der Waals surface area (Å²) in [5, 5.41) is 15.2. The van der Waals surface area contributed by atoms with Crippen molar-refractivity contribution in [2.24, 2.45) is 0 Å². The van der Waals surface area contributed by atoms with Crippen LogP contribution in [0, 0.1) is 0 Å². The van der Waals surface area contributed by atoms with Crippen molar-refractivity contribution in [3.8, 4) is 0 Å². The first-order chi connectivity index (χ1) is 7.22. The van der Waals surface area contributed by atoms with Gasteiger partial charge in [0.05, 0.1) is 12.6 Å². The Morgan fingerprint density at radius 2 is 2.07 bits per heavy atom. The normalized spacial score (nSPS) is 25.9. The summed E-state index contributed by atoms with van der Waals surface area (Å²) >= 11 is 0. The van der Waals surface area contributed by atoms with E-state index in [1.54, 1.807) is 6.08 Å². The van der Waals surface area contributed by atoms with Crippen LogP contribution in [0.5, 0.6) is 0 Å². The molecule has 0 aromatic carbocycles. The van der Waals surface area contributed by atoms with E-state index in [1.165, 1.54) is 0 Å². The summed E-state index contributed by atoms with van der Waals surface area (Å²) in [5.74, 6) is 0.0261. The fourth-order valence-corrected chi connectivity index (χ4v) is 1.79. The molecule has 0 atom stereocenters. The van der Waals surface area contributed by atoms with Gasteiger partial charge < -0.3 is 15.7 Å². The van der Waals surface area contributed by atoms with Crippen LogP contribution in [0.1, 0.15) is 25.7 Å². The Balaban J connectivity index is 2.12. The van der Waals surface area contributed by atoms with Gasteiger partial charge in [0.25, 0.3) is 0 Å². The van der Waals surface area contributed by atoms with Crippen molar-refractivity contribution in [2.45, 2.75) is 37.8 Å². The molecule has 1 fully saturated rings. The van der Waals surface area contributed by atoms with Crippen LogP contribution < -0.4 is 10.6 Å². The molecule has 1 amide bonds. The molecule has 1 aliphatic rings. The van der Waals surface area contributed by atoms with E-state index in [-0.39, 0.29) is 18.1 Å². The monoisotopic (exact) mass is 212 g/mol. The highest BCUT2D eigenvalue weighted by Gasteiger charge is 2.20. The molecule has 1 aliphatic carbocycles. The topological polar surface area (TPSA) is 61.4 Å². The van der Waals surface area contributed by atoms with Crippen molar-refractivity contribution in [1.82, 2.24) is 10.6 Å². The molecule has 0 aromatic heterocycles. The summed E-state index contributed by atoms with van der Waals surface area (Å²) in [5.41, 5.74) is 0. The van der Waals surface area contributed by atoms with Crippen molar-refractivity contribution in [2.75, 3.05) is 13.1 Å². The Hall–Kier alpha value is -0.870. The predicted octanol–water partition coefficient (Wildman–Crippen LogP) is 0.182. The van der Waals surface area contributed by atoms with Gasteiger partial charge in [0, 0.05) is 12.6 Å². The molecule has 4 nitrogen and oxygen atoms in total. The molecule has 0 spiro atoms. The van der Waals surface area contributed by atoms with Crippen LogP contribution in [0.3, 0.4) is 0 Å². The van der Waals surface area contributed by atoms with Crippen LogP contribution in [-0.4, -0.2) is 36.2 Å². The van der Waals surface area contributed by atoms with Gasteiger partial charge in [-0.15, -0.1) is 6.58 Å². The highest BCUT2D eigenvalue weighted by atomic mass is 16.3. The fraction of sp³-hybridized carbons (Fsp3) is 0.727. The molecule has 1 saturated carbocycles. The fourth-order valence-electron chi connectivity index (χ4n) is 1.79. The quantitative estimate of drug-likeness (QED) is 0.450. The van der Waals surface area contributed by atoms with Gasteiger partial charge in [-0.05, 0) is 25.7 Å². The Morgan fingerprint density at radius 1 is 1.40 bits per heavy atom. The molecule has 0 saturated heterocycles. The number of carbonyl (C=O) groups is 1. The van der Waals surface area contributed by atoms with Crippen LogP contribution in [0.2, 0.25) is 0 Å². The maximum Gasteiger partial charge on any atom is 0.234 e. The van der Waals surface area contributed by atoms with Crippen molar-refractivity contribution >= 4 is 5.91 Å². The molecule has 86 valence electrons. The van der Waals surface area contributed by atoms with Gasteiger partial charge >= 0.3 is 0 Å². The lowest BCUT2D eigenvalue weighted by Crippen LogP contribution is -2.42. The number of hydrogen-bond acceptors (Lipinski definition) is 3. The molecule has 0 radical (unpaired) electrons. The average molecular weight is 212 g/mol. The third-order valence-electron chi connectivity index (χ3n) is 2.64. The zero-order valence-electron chi connectivity index (χ0n) is 9.04. The number of carbonyl (C=O) groups excluding carboxylic acids is 1. The van der Waals surface area contributed by atoms with Crippen molar-refractivity contribution in [3.05, 3.63) is 12.7 Å². The minimum atomic E-state index is -0.169. The van der Waals surface area contributed by atoms with E-state index < -0.39 is 0 Å². The van der Waals surface area contributed by atoms with E-state index in [4.69, 9.17) is 0 Å². The van der Waals surface area contributed by atoms with Gasteiger partial charge in [-0.2, -0.15) is 0 Å². The molecule has 0 aliphatic heterocycles. The highest BCUT2D eigenvalue weighted by molar-refractivity contribution is 5.78. The lowest BCUT2D eigenvalue weighted by Gasteiger charge is -2.26. The predicted molar refractivity (Wildman–Crippen MR) is 59.5 cm³/mol. The molecule has 0 heterocycles. The zero-order chi connectivity index (χ0) is 11.1. The van der Waals surface area contributed by atoms with E-state index in [9.17, 15) is 9.90 Å². The van der Waals surface area contributed by atoms with Gasteiger partial charge in [0.1, 0.15) is 0 Å². The maximum atomic E-state index is 11.4. The second kappa shape index (κ2) is 6.58.